The van der Waals surface area contributed by atoms with Crippen LogP contribution in [0.1, 0.15) is 11.1 Å². The highest BCUT2D eigenvalue weighted by Crippen LogP contribution is 2.27. The minimum atomic E-state index is 0.224. The maximum Gasteiger partial charge on any atom is 0.146 e. The fraction of sp³-hybridized carbons (Fsp3) is 0.211. The number of hydrogen-bond donors (Lipinski definition) is 2. The SMILES string of the molecule is COc1ccc(CNCc2ccc3cccnc3c2O)c(OC)c1. The van der Waals surface area contributed by atoms with Gasteiger partial charge in [0.15, 0.2) is 0 Å². The lowest BCUT2D eigenvalue weighted by molar-refractivity contribution is 0.389. The lowest BCUT2D eigenvalue weighted by atomic mass is 10.1. The fourth-order valence-electron chi connectivity index (χ4n) is 2.64. The lowest BCUT2D eigenvalue weighted by Crippen LogP contribution is -2.13. The molecule has 5 heteroatoms. The van der Waals surface area contributed by atoms with E-state index < -0.39 is 0 Å². The van der Waals surface area contributed by atoms with Crippen LogP contribution in [-0.4, -0.2) is 24.3 Å². The van der Waals surface area contributed by atoms with Crippen LogP contribution in [-0.2, 0) is 13.1 Å². The first-order valence-corrected chi connectivity index (χ1v) is 7.70. The summed E-state index contributed by atoms with van der Waals surface area (Å²) in [6, 6.07) is 13.4. The zero-order valence-corrected chi connectivity index (χ0v) is 13.7. The molecule has 0 amide bonds. The van der Waals surface area contributed by atoms with Gasteiger partial charge in [-0.05, 0) is 12.1 Å². The molecule has 2 aromatic carbocycles. The Hall–Kier alpha value is -2.79. The maximum absolute atomic E-state index is 10.4. The second kappa shape index (κ2) is 7.19. The van der Waals surface area contributed by atoms with Crippen LogP contribution >= 0.6 is 0 Å². The molecule has 24 heavy (non-hydrogen) atoms. The monoisotopic (exact) mass is 324 g/mol. The largest absolute Gasteiger partial charge is 0.505 e. The van der Waals surface area contributed by atoms with Gasteiger partial charge in [-0.15, -0.1) is 0 Å². The first kappa shape index (κ1) is 16.1. The molecule has 2 N–H and O–H groups in total. The second-order valence-electron chi connectivity index (χ2n) is 5.43. The Morgan fingerprint density at radius 3 is 2.58 bits per heavy atom. The Balaban J connectivity index is 1.72. The quantitative estimate of drug-likeness (QED) is 0.729. The van der Waals surface area contributed by atoms with Crippen LogP contribution in [0.15, 0.2) is 48.7 Å². The number of fused-ring (bicyclic) bond motifs is 1. The normalized spacial score (nSPS) is 10.8. The number of aromatic nitrogens is 1. The Labute approximate surface area is 140 Å². The summed E-state index contributed by atoms with van der Waals surface area (Å²) >= 11 is 0. The molecule has 3 aromatic rings. The Bertz CT molecular complexity index is 849. The first-order valence-electron chi connectivity index (χ1n) is 7.70. The van der Waals surface area contributed by atoms with Gasteiger partial charge >= 0.3 is 0 Å². The number of methoxy groups -OCH3 is 2. The van der Waals surface area contributed by atoms with Gasteiger partial charge in [0.2, 0.25) is 0 Å². The molecule has 0 fully saturated rings. The van der Waals surface area contributed by atoms with E-state index in [9.17, 15) is 5.11 Å². The molecule has 0 spiro atoms. The summed E-state index contributed by atoms with van der Waals surface area (Å²) in [4.78, 5) is 4.24. The van der Waals surface area contributed by atoms with E-state index in [-0.39, 0.29) is 5.75 Å². The van der Waals surface area contributed by atoms with Crippen molar-refractivity contribution in [3.8, 4) is 17.2 Å². The third-order valence-electron chi connectivity index (χ3n) is 3.96. The van der Waals surface area contributed by atoms with Crippen molar-refractivity contribution in [1.29, 1.82) is 0 Å². The van der Waals surface area contributed by atoms with E-state index in [4.69, 9.17) is 9.47 Å². The third-order valence-corrected chi connectivity index (χ3v) is 3.96. The molecular weight excluding hydrogens is 304 g/mol. The van der Waals surface area contributed by atoms with Crippen molar-refractivity contribution in [2.45, 2.75) is 13.1 Å². The molecule has 5 nitrogen and oxygen atoms in total. The molecule has 124 valence electrons. The summed E-state index contributed by atoms with van der Waals surface area (Å²) in [6.07, 6.45) is 1.68. The minimum absolute atomic E-state index is 0.224. The number of benzene rings is 2. The van der Waals surface area contributed by atoms with Crippen LogP contribution in [0.25, 0.3) is 10.9 Å². The predicted octanol–water partition coefficient (Wildman–Crippen LogP) is 3.25. The van der Waals surface area contributed by atoms with Crippen molar-refractivity contribution in [2.75, 3.05) is 14.2 Å². The average molecular weight is 324 g/mol. The number of aromatic hydroxyl groups is 1. The van der Waals surface area contributed by atoms with Crippen LogP contribution in [0.4, 0.5) is 0 Å². The van der Waals surface area contributed by atoms with E-state index in [0.717, 1.165) is 28.0 Å². The molecule has 0 saturated carbocycles. The summed E-state index contributed by atoms with van der Waals surface area (Å²) in [5.41, 5.74) is 2.46. The highest BCUT2D eigenvalue weighted by molar-refractivity contribution is 5.85. The van der Waals surface area contributed by atoms with Gasteiger partial charge in [-0.3, -0.25) is 4.98 Å². The first-order chi connectivity index (χ1) is 11.7. The summed E-state index contributed by atoms with van der Waals surface area (Å²) in [6.45, 7) is 1.15. The van der Waals surface area contributed by atoms with Crippen LogP contribution in [0.5, 0.6) is 17.2 Å². The number of rotatable bonds is 6. The molecule has 0 radical (unpaired) electrons. The highest BCUT2D eigenvalue weighted by Gasteiger charge is 2.08. The molecule has 0 saturated heterocycles. The van der Waals surface area contributed by atoms with Crippen molar-refractivity contribution in [3.63, 3.8) is 0 Å². The lowest BCUT2D eigenvalue weighted by Gasteiger charge is -2.12. The van der Waals surface area contributed by atoms with Crippen LogP contribution < -0.4 is 14.8 Å². The van der Waals surface area contributed by atoms with Crippen molar-refractivity contribution in [2.24, 2.45) is 0 Å². The molecule has 1 aromatic heterocycles. The smallest absolute Gasteiger partial charge is 0.146 e. The van der Waals surface area contributed by atoms with E-state index in [1.807, 2.05) is 42.5 Å². The van der Waals surface area contributed by atoms with Crippen molar-refractivity contribution >= 4 is 10.9 Å². The summed E-state index contributed by atoms with van der Waals surface area (Å²) in [5, 5.41) is 14.6. The number of nitrogens with one attached hydrogen (secondary N) is 1. The van der Waals surface area contributed by atoms with Gasteiger partial charge in [0.25, 0.3) is 0 Å². The van der Waals surface area contributed by atoms with Crippen molar-refractivity contribution in [1.82, 2.24) is 10.3 Å². The maximum atomic E-state index is 10.4. The molecule has 0 atom stereocenters. The molecule has 1 heterocycles. The summed E-state index contributed by atoms with van der Waals surface area (Å²) < 4.78 is 10.6. The van der Waals surface area contributed by atoms with Crippen molar-refractivity contribution in [3.05, 3.63) is 59.8 Å². The molecule has 0 aliphatic heterocycles. The zero-order chi connectivity index (χ0) is 16.9. The molecule has 3 rings (SSSR count). The fourth-order valence-corrected chi connectivity index (χ4v) is 2.64. The van der Waals surface area contributed by atoms with E-state index in [1.165, 1.54) is 0 Å². The molecule has 0 unspecified atom stereocenters. The number of pyridine rings is 1. The number of phenols is 1. The zero-order valence-electron chi connectivity index (χ0n) is 13.7. The molecule has 0 aliphatic rings. The van der Waals surface area contributed by atoms with Gasteiger partial charge in [-0.2, -0.15) is 0 Å². The summed E-state index contributed by atoms with van der Waals surface area (Å²) in [7, 11) is 3.27. The van der Waals surface area contributed by atoms with Gasteiger partial charge < -0.3 is 19.9 Å². The number of ether oxygens (including phenoxy) is 2. The Morgan fingerprint density at radius 2 is 1.79 bits per heavy atom. The van der Waals surface area contributed by atoms with Crippen LogP contribution in [0.3, 0.4) is 0 Å². The summed E-state index contributed by atoms with van der Waals surface area (Å²) in [5.74, 6) is 1.75. The minimum Gasteiger partial charge on any atom is -0.505 e. The van der Waals surface area contributed by atoms with Gasteiger partial charge in [0, 0.05) is 41.9 Å². The van der Waals surface area contributed by atoms with Gasteiger partial charge in [0.1, 0.15) is 22.8 Å². The number of nitrogens with zero attached hydrogens (tertiary/aromatic N) is 1. The predicted molar refractivity (Wildman–Crippen MR) is 93.5 cm³/mol. The second-order valence-corrected chi connectivity index (χ2v) is 5.43. The van der Waals surface area contributed by atoms with Crippen LogP contribution in [0, 0.1) is 0 Å². The molecule has 0 bridgehead atoms. The highest BCUT2D eigenvalue weighted by atomic mass is 16.5. The van der Waals surface area contributed by atoms with E-state index in [0.29, 0.717) is 18.6 Å². The number of phenolic OH excluding ortho intramolecular Hbond substituents is 1. The van der Waals surface area contributed by atoms with E-state index >= 15 is 0 Å². The standard InChI is InChI=1S/C19H20N2O3/c1-23-16-8-7-14(17(10-16)24-2)11-20-12-15-6-5-13-4-3-9-21-18(13)19(15)22/h3-10,20,22H,11-12H2,1-2H3. The Kier molecular flexibility index (Phi) is 4.82. The van der Waals surface area contributed by atoms with Gasteiger partial charge in [-0.1, -0.05) is 24.3 Å². The van der Waals surface area contributed by atoms with Gasteiger partial charge in [0.05, 0.1) is 14.2 Å². The third kappa shape index (κ3) is 3.26. The van der Waals surface area contributed by atoms with Crippen LogP contribution in [0.2, 0.25) is 0 Å². The van der Waals surface area contributed by atoms with E-state index in [1.54, 1.807) is 20.4 Å². The van der Waals surface area contributed by atoms with E-state index in [2.05, 4.69) is 10.3 Å². The van der Waals surface area contributed by atoms with Crippen molar-refractivity contribution < 1.29 is 14.6 Å². The van der Waals surface area contributed by atoms with Gasteiger partial charge in [-0.25, -0.2) is 0 Å². The molecule has 0 aliphatic carbocycles. The topological polar surface area (TPSA) is 63.6 Å². The number of hydrogen-bond acceptors (Lipinski definition) is 5. The Morgan fingerprint density at radius 1 is 1.00 bits per heavy atom. The molecular formula is C19H20N2O3. The average Bonchev–Trinajstić information content (AvgIpc) is 2.64.